The molecule has 2 aromatic heterocycles. The largest absolute Gasteiger partial charge is 0.398 e. The first kappa shape index (κ1) is 29.0. The number of nitrogens with one attached hydrogen (secondary N) is 3. The van der Waals surface area contributed by atoms with Crippen LogP contribution in [0.25, 0.3) is 11.3 Å². The first-order chi connectivity index (χ1) is 20.2. The van der Waals surface area contributed by atoms with Crippen LogP contribution in [-0.4, -0.2) is 39.6 Å². The van der Waals surface area contributed by atoms with E-state index in [9.17, 15) is 14.4 Å². The van der Waals surface area contributed by atoms with Gasteiger partial charge in [-0.2, -0.15) is 0 Å². The van der Waals surface area contributed by atoms with Crippen molar-refractivity contribution >= 4 is 46.0 Å². The molecule has 0 saturated heterocycles. The van der Waals surface area contributed by atoms with Gasteiger partial charge in [-0.15, -0.1) is 11.3 Å². The Labute approximate surface area is 247 Å². The summed E-state index contributed by atoms with van der Waals surface area (Å²) in [5, 5.41) is 17.7. The smallest absolute Gasteiger partial charge is 0.293 e. The lowest BCUT2D eigenvalue weighted by atomic mass is 9.99. The Bertz CT molecular complexity index is 1690. The van der Waals surface area contributed by atoms with E-state index in [4.69, 9.17) is 10.8 Å². The first-order valence-corrected chi connectivity index (χ1v) is 14.7. The Balaban J connectivity index is 1.38. The molecular weight excluding hydrogens is 552 g/mol. The third-order valence-corrected chi connectivity index (χ3v) is 8.56. The van der Waals surface area contributed by atoms with Crippen LogP contribution in [0.15, 0.2) is 53.5 Å². The Morgan fingerprint density at radius 3 is 2.69 bits per heavy atom. The van der Waals surface area contributed by atoms with Gasteiger partial charge in [0.1, 0.15) is 0 Å². The molecule has 4 aromatic rings. The molecule has 0 bridgehead atoms. The SMILES string of the molecule is Cc1c(NC(=O)c2cc3c(s2)CCCC3)cccc1-c1cn(C)c(=O)c(Nc2ccc(C(=O)NCCCO)c(N)c2)n1. The first-order valence-electron chi connectivity index (χ1n) is 13.9. The predicted molar refractivity (Wildman–Crippen MR) is 167 cm³/mol. The lowest BCUT2D eigenvalue weighted by molar-refractivity contribution is 0.0951. The number of amides is 2. The van der Waals surface area contributed by atoms with Crippen LogP contribution in [-0.2, 0) is 19.9 Å². The summed E-state index contributed by atoms with van der Waals surface area (Å²) in [5.41, 5.74) is 10.9. The van der Waals surface area contributed by atoms with Gasteiger partial charge in [-0.05, 0) is 80.5 Å². The number of carbonyl (C=O) groups is 2. The zero-order valence-corrected chi connectivity index (χ0v) is 24.4. The monoisotopic (exact) mass is 586 g/mol. The normalized spacial score (nSPS) is 12.5. The number of nitrogens with two attached hydrogens (primary N) is 1. The van der Waals surface area contributed by atoms with Crippen molar-refractivity contribution in [3.05, 3.63) is 85.5 Å². The van der Waals surface area contributed by atoms with Gasteiger partial charge in [0, 0.05) is 53.9 Å². The average Bonchev–Trinajstić information content (AvgIpc) is 3.41. The van der Waals surface area contributed by atoms with Crippen LogP contribution in [0.3, 0.4) is 0 Å². The van der Waals surface area contributed by atoms with Crippen molar-refractivity contribution in [3.8, 4) is 11.3 Å². The number of fused-ring (bicyclic) bond motifs is 1. The Kier molecular flexibility index (Phi) is 8.69. The van der Waals surface area contributed by atoms with Crippen LogP contribution < -0.4 is 27.2 Å². The van der Waals surface area contributed by atoms with Crippen LogP contribution in [0.5, 0.6) is 0 Å². The summed E-state index contributed by atoms with van der Waals surface area (Å²) in [6.45, 7) is 2.23. The van der Waals surface area contributed by atoms with E-state index >= 15 is 0 Å². The predicted octanol–water partition coefficient (Wildman–Crippen LogP) is 4.39. The summed E-state index contributed by atoms with van der Waals surface area (Å²) in [6.07, 6.45) is 6.50. The molecule has 0 saturated carbocycles. The number of aliphatic hydroxyl groups is 1. The minimum atomic E-state index is -0.343. The molecule has 1 aliphatic rings. The van der Waals surface area contributed by atoms with Gasteiger partial charge in [-0.1, -0.05) is 12.1 Å². The molecule has 0 atom stereocenters. The minimum absolute atomic E-state index is 0.0191. The van der Waals surface area contributed by atoms with Gasteiger partial charge in [-0.25, -0.2) is 4.98 Å². The maximum atomic E-state index is 13.1. The van der Waals surface area contributed by atoms with Gasteiger partial charge in [-0.3, -0.25) is 14.4 Å². The highest BCUT2D eigenvalue weighted by molar-refractivity contribution is 7.14. The highest BCUT2D eigenvalue weighted by Gasteiger charge is 2.19. The molecule has 5 rings (SSSR count). The molecule has 218 valence electrons. The number of aryl methyl sites for hydroxylation is 3. The zero-order valence-electron chi connectivity index (χ0n) is 23.6. The molecular formula is C31H34N6O4S. The number of rotatable bonds is 9. The maximum absolute atomic E-state index is 13.1. The standard InChI is InChI=1S/C31H34N6O4S/c1-18-21(8-5-9-24(18)36-30(40)27-15-19-7-3-4-10-26(19)42-27)25-17-37(2)31(41)28(35-25)34-20-11-12-22(23(32)16-20)29(39)33-13-6-14-38/h5,8-9,11-12,15-17,38H,3-4,6-7,10,13-14,32H2,1-2H3,(H,33,39)(H,34,35)(H,36,40). The number of benzene rings is 2. The fourth-order valence-electron chi connectivity index (χ4n) is 5.01. The van der Waals surface area contributed by atoms with E-state index in [-0.39, 0.29) is 35.5 Å². The summed E-state index contributed by atoms with van der Waals surface area (Å²) in [7, 11) is 1.65. The molecule has 11 heteroatoms. The number of hydrogen-bond donors (Lipinski definition) is 5. The Hall–Kier alpha value is -4.48. The van der Waals surface area contributed by atoms with Crippen LogP contribution in [0.4, 0.5) is 22.9 Å². The van der Waals surface area contributed by atoms with E-state index in [2.05, 4.69) is 20.9 Å². The van der Waals surface area contributed by atoms with E-state index in [0.29, 0.717) is 40.5 Å². The Morgan fingerprint density at radius 1 is 1.12 bits per heavy atom. The van der Waals surface area contributed by atoms with Crippen molar-refractivity contribution < 1.29 is 14.7 Å². The molecule has 1 aliphatic carbocycles. The van der Waals surface area contributed by atoms with Crippen LogP contribution in [0.1, 0.15) is 55.3 Å². The van der Waals surface area contributed by atoms with Crippen molar-refractivity contribution in [1.82, 2.24) is 14.9 Å². The van der Waals surface area contributed by atoms with E-state index in [1.165, 1.54) is 21.4 Å². The van der Waals surface area contributed by atoms with Gasteiger partial charge >= 0.3 is 0 Å². The van der Waals surface area contributed by atoms with Gasteiger partial charge in [0.2, 0.25) is 0 Å². The topological polar surface area (TPSA) is 151 Å². The van der Waals surface area contributed by atoms with Crippen LogP contribution in [0, 0.1) is 6.92 Å². The molecule has 0 unspecified atom stereocenters. The molecule has 0 aliphatic heterocycles. The molecule has 6 N–H and O–H groups in total. The summed E-state index contributed by atoms with van der Waals surface area (Å²) < 4.78 is 1.44. The van der Waals surface area contributed by atoms with E-state index in [1.54, 1.807) is 42.8 Å². The van der Waals surface area contributed by atoms with Gasteiger partial charge in [0.25, 0.3) is 17.4 Å². The zero-order chi connectivity index (χ0) is 29.8. The second-order valence-corrected chi connectivity index (χ2v) is 11.5. The number of aliphatic hydroxyl groups excluding tert-OH is 1. The molecule has 2 amide bonds. The fraction of sp³-hybridized carbons (Fsp3) is 0.290. The highest BCUT2D eigenvalue weighted by Crippen LogP contribution is 2.32. The average molecular weight is 587 g/mol. The minimum Gasteiger partial charge on any atom is -0.398 e. The van der Waals surface area contributed by atoms with E-state index in [0.717, 1.165) is 30.4 Å². The van der Waals surface area contributed by atoms with Gasteiger partial charge < -0.3 is 31.4 Å². The molecule has 2 aromatic carbocycles. The lowest BCUT2D eigenvalue weighted by Crippen LogP contribution is -2.26. The number of thiophene rings is 1. The number of carbonyl (C=O) groups excluding carboxylic acids is 2. The number of anilines is 4. The van der Waals surface area contributed by atoms with Crippen molar-refractivity contribution in [3.63, 3.8) is 0 Å². The fourth-order valence-corrected chi connectivity index (χ4v) is 6.16. The van der Waals surface area contributed by atoms with E-state index in [1.807, 2.05) is 31.2 Å². The summed E-state index contributed by atoms with van der Waals surface area (Å²) in [5.74, 6) is -0.384. The lowest BCUT2D eigenvalue weighted by Gasteiger charge is -2.15. The van der Waals surface area contributed by atoms with Gasteiger partial charge in [0.05, 0.1) is 16.1 Å². The third kappa shape index (κ3) is 6.22. The quantitative estimate of drug-likeness (QED) is 0.144. The number of hydrogen-bond acceptors (Lipinski definition) is 8. The third-order valence-electron chi connectivity index (χ3n) is 7.33. The molecule has 0 spiro atoms. The molecule has 0 radical (unpaired) electrons. The van der Waals surface area contributed by atoms with Crippen molar-refractivity contribution in [2.45, 2.75) is 39.0 Å². The summed E-state index contributed by atoms with van der Waals surface area (Å²) in [6, 6.07) is 12.4. The van der Waals surface area contributed by atoms with E-state index < -0.39 is 0 Å². The highest BCUT2D eigenvalue weighted by atomic mass is 32.1. The summed E-state index contributed by atoms with van der Waals surface area (Å²) >= 11 is 1.57. The number of aromatic nitrogens is 2. The Morgan fingerprint density at radius 2 is 1.93 bits per heavy atom. The molecule has 42 heavy (non-hydrogen) atoms. The molecule has 2 heterocycles. The number of nitrogens with zero attached hydrogens (tertiary/aromatic N) is 2. The van der Waals surface area contributed by atoms with Crippen LogP contribution in [0.2, 0.25) is 0 Å². The maximum Gasteiger partial charge on any atom is 0.293 e. The second-order valence-electron chi connectivity index (χ2n) is 10.3. The molecule has 10 nitrogen and oxygen atoms in total. The van der Waals surface area contributed by atoms with Crippen molar-refractivity contribution in [2.75, 3.05) is 29.5 Å². The van der Waals surface area contributed by atoms with Gasteiger partial charge in [0.15, 0.2) is 5.82 Å². The summed E-state index contributed by atoms with van der Waals surface area (Å²) in [4.78, 5) is 45.1. The second kappa shape index (κ2) is 12.6. The molecule has 0 fully saturated rings. The number of nitrogen functional groups attached to an aromatic ring is 1. The van der Waals surface area contributed by atoms with Crippen molar-refractivity contribution in [1.29, 1.82) is 0 Å². The van der Waals surface area contributed by atoms with Crippen LogP contribution >= 0.6 is 11.3 Å². The van der Waals surface area contributed by atoms with Crippen molar-refractivity contribution in [2.24, 2.45) is 7.05 Å².